The maximum absolute atomic E-state index is 11.3. The Bertz CT molecular complexity index is 515. The minimum atomic E-state index is -3.63. The Hall–Kier alpha value is -0.950. The molecular formula is C14H25N3O2S. The van der Waals surface area contributed by atoms with E-state index in [1.54, 1.807) is 12.1 Å². The van der Waals surface area contributed by atoms with Gasteiger partial charge in [0.05, 0.1) is 4.90 Å². The molecular weight excluding hydrogens is 274 g/mol. The van der Waals surface area contributed by atoms with Crippen LogP contribution in [-0.4, -0.2) is 40.5 Å². The predicted molar refractivity (Wildman–Crippen MR) is 82.0 cm³/mol. The zero-order valence-corrected chi connectivity index (χ0v) is 13.3. The number of unbranched alkanes of at least 4 members (excludes halogenated alkanes) is 1. The van der Waals surface area contributed by atoms with Crippen LogP contribution in [0.15, 0.2) is 29.2 Å². The number of nitrogens with two attached hydrogens (primary N) is 1. The number of sulfonamides is 1. The lowest BCUT2D eigenvalue weighted by molar-refractivity contribution is 0.389. The monoisotopic (exact) mass is 299 g/mol. The van der Waals surface area contributed by atoms with E-state index in [0.29, 0.717) is 0 Å². The molecule has 0 radical (unpaired) electrons. The highest BCUT2D eigenvalue weighted by Gasteiger charge is 2.11. The Morgan fingerprint density at radius 2 is 2.00 bits per heavy atom. The van der Waals surface area contributed by atoms with Crippen molar-refractivity contribution in [2.45, 2.75) is 30.7 Å². The van der Waals surface area contributed by atoms with Gasteiger partial charge >= 0.3 is 0 Å². The fraction of sp³-hybridized carbons (Fsp3) is 0.571. The third kappa shape index (κ3) is 6.00. The molecule has 0 heterocycles. The number of benzene rings is 1. The van der Waals surface area contributed by atoms with Crippen LogP contribution in [-0.2, 0) is 10.0 Å². The third-order valence-electron chi connectivity index (χ3n) is 3.17. The van der Waals surface area contributed by atoms with Crippen LogP contribution in [0.1, 0.15) is 31.4 Å². The van der Waals surface area contributed by atoms with E-state index in [-0.39, 0.29) is 10.9 Å². The van der Waals surface area contributed by atoms with Crippen molar-refractivity contribution in [3.8, 4) is 0 Å². The molecule has 5 nitrogen and oxygen atoms in total. The summed E-state index contributed by atoms with van der Waals surface area (Å²) in [5, 5.41) is 8.54. The topological polar surface area (TPSA) is 75.4 Å². The van der Waals surface area contributed by atoms with Crippen LogP contribution >= 0.6 is 0 Å². The zero-order chi connectivity index (χ0) is 15.2. The van der Waals surface area contributed by atoms with Crippen LogP contribution in [0.2, 0.25) is 0 Å². The van der Waals surface area contributed by atoms with E-state index >= 15 is 0 Å². The summed E-state index contributed by atoms with van der Waals surface area (Å²) in [5.41, 5.74) is 0.934. The fourth-order valence-corrected chi connectivity index (χ4v) is 2.52. The molecule has 0 saturated heterocycles. The van der Waals surface area contributed by atoms with Crippen molar-refractivity contribution in [3.05, 3.63) is 29.8 Å². The summed E-state index contributed by atoms with van der Waals surface area (Å²) < 4.78 is 22.6. The van der Waals surface area contributed by atoms with E-state index < -0.39 is 10.0 Å². The van der Waals surface area contributed by atoms with Crippen LogP contribution in [0.4, 0.5) is 0 Å². The van der Waals surface area contributed by atoms with Gasteiger partial charge in [-0.1, -0.05) is 12.1 Å². The fourth-order valence-electron chi connectivity index (χ4n) is 1.95. The summed E-state index contributed by atoms with van der Waals surface area (Å²) in [7, 11) is 0.498. The first-order chi connectivity index (χ1) is 9.30. The summed E-state index contributed by atoms with van der Waals surface area (Å²) in [4.78, 5) is 2.33. The van der Waals surface area contributed by atoms with E-state index in [2.05, 4.69) is 24.3 Å². The van der Waals surface area contributed by atoms with Crippen LogP contribution in [0, 0.1) is 0 Å². The summed E-state index contributed by atoms with van der Waals surface area (Å²) in [6, 6.07) is 6.89. The van der Waals surface area contributed by atoms with Gasteiger partial charge in [-0.25, -0.2) is 13.6 Å². The molecule has 20 heavy (non-hydrogen) atoms. The van der Waals surface area contributed by atoms with Gasteiger partial charge in [-0.15, -0.1) is 0 Å². The number of nitrogens with one attached hydrogen (secondary N) is 1. The van der Waals surface area contributed by atoms with Crippen molar-refractivity contribution in [2.75, 3.05) is 27.2 Å². The predicted octanol–water partition coefficient (Wildman–Crippen LogP) is 1.33. The van der Waals surface area contributed by atoms with E-state index in [4.69, 9.17) is 5.14 Å². The summed E-state index contributed by atoms with van der Waals surface area (Å²) in [5.74, 6) is 0. The SMILES string of the molecule is CC(NCCCCN(C)C)c1cccc(S(N)(=O)=O)c1. The van der Waals surface area contributed by atoms with Crippen LogP contribution in [0.3, 0.4) is 0 Å². The second-order valence-electron chi connectivity index (χ2n) is 5.30. The van der Waals surface area contributed by atoms with Gasteiger partial charge in [-0.3, -0.25) is 0 Å². The highest BCUT2D eigenvalue weighted by Crippen LogP contribution is 2.16. The van der Waals surface area contributed by atoms with Crippen molar-refractivity contribution >= 4 is 10.0 Å². The molecule has 0 aromatic heterocycles. The Balaban J connectivity index is 2.49. The Kier molecular flexibility index (Phi) is 6.61. The average Bonchev–Trinajstić information content (AvgIpc) is 2.37. The standard InChI is InChI=1S/C14H25N3O2S/c1-12(16-9-4-5-10-17(2)3)13-7-6-8-14(11-13)20(15,18)19/h6-8,11-12,16H,4-5,9-10H2,1-3H3,(H2,15,18,19). The van der Waals surface area contributed by atoms with Gasteiger partial charge in [0.15, 0.2) is 0 Å². The van der Waals surface area contributed by atoms with Gasteiger partial charge in [0.25, 0.3) is 0 Å². The lowest BCUT2D eigenvalue weighted by atomic mass is 10.1. The Labute approximate surface area is 122 Å². The van der Waals surface area contributed by atoms with Gasteiger partial charge in [0.1, 0.15) is 0 Å². The first kappa shape index (κ1) is 17.1. The molecule has 0 saturated carbocycles. The molecule has 0 fully saturated rings. The largest absolute Gasteiger partial charge is 0.310 e. The molecule has 3 N–H and O–H groups in total. The maximum Gasteiger partial charge on any atom is 0.238 e. The molecule has 0 aliphatic carbocycles. The second kappa shape index (κ2) is 7.73. The second-order valence-corrected chi connectivity index (χ2v) is 6.87. The third-order valence-corrected chi connectivity index (χ3v) is 4.08. The molecule has 0 amide bonds. The van der Waals surface area contributed by atoms with Crippen molar-refractivity contribution in [3.63, 3.8) is 0 Å². The van der Waals surface area contributed by atoms with Crippen molar-refractivity contribution in [1.29, 1.82) is 0 Å². The molecule has 0 spiro atoms. The number of hydrogen-bond donors (Lipinski definition) is 2. The van der Waals surface area contributed by atoms with E-state index in [1.807, 2.05) is 13.0 Å². The van der Waals surface area contributed by atoms with Crippen LogP contribution in [0.5, 0.6) is 0 Å². The minimum Gasteiger partial charge on any atom is -0.310 e. The van der Waals surface area contributed by atoms with Crippen molar-refractivity contribution in [2.24, 2.45) is 5.14 Å². The summed E-state index contributed by atoms with van der Waals surface area (Å²) >= 11 is 0. The van der Waals surface area contributed by atoms with E-state index in [9.17, 15) is 8.42 Å². The maximum atomic E-state index is 11.3. The quantitative estimate of drug-likeness (QED) is 0.710. The molecule has 1 atom stereocenters. The average molecular weight is 299 g/mol. The van der Waals surface area contributed by atoms with Crippen LogP contribution in [0.25, 0.3) is 0 Å². The van der Waals surface area contributed by atoms with Crippen molar-refractivity contribution < 1.29 is 8.42 Å². The van der Waals surface area contributed by atoms with Crippen molar-refractivity contribution in [1.82, 2.24) is 10.2 Å². The number of hydrogen-bond acceptors (Lipinski definition) is 4. The molecule has 1 unspecified atom stereocenters. The molecule has 6 heteroatoms. The Morgan fingerprint density at radius 3 is 2.60 bits per heavy atom. The highest BCUT2D eigenvalue weighted by molar-refractivity contribution is 7.89. The van der Waals surface area contributed by atoms with Gasteiger partial charge in [-0.2, -0.15) is 0 Å². The van der Waals surface area contributed by atoms with Gasteiger partial charge in [0, 0.05) is 6.04 Å². The Morgan fingerprint density at radius 1 is 1.30 bits per heavy atom. The zero-order valence-electron chi connectivity index (χ0n) is 12.5. The lowest BCUT2D eigenvalue weighted by Crippen LogP contribution is -2.22. The number of rotatable bonds is 8. The van der Waals surface area contributed by atoms with E-state index in [1.165, 1.54) is 6.07 Å². The number of primary sulfonamides is 1. The first-order valence-electron chi connectivity index (χ1n) is 6.81. The van der Waals surface area contributed by atoms with Crippen LogP contribution < -0.4 is 10.5 Å². The molecule has 114 valence electrons. The normalized spacial score (nSPS) is 13.7. The molecule has 1 aromatic rings. The molecule has 1 rings (SSSR count). The van der Waals surface area contributed by atoms with E-state index in [0.717, 1.165) is 31.5 Å². The van der Waals surface area contributed by atoms with Gasteiger partial charge in [-0.05, 0) is 64.6 Å². The minimum absolute atomic E-state index is 0.107. The summed E-state index contributed by atoms with van der Waals surface area (Å²) in [6.45, 7) is 4.01. The summed E-state index contributed by atoms with van der Waals surface area (Å²) in [6.07, 6.45) is 2.24. The smallest absolute Gasteiger partial charge is 0.238 e. The molecule has 0 aliphatic rings. The first-order valence-corrected chi connectivity index (χ1v) is 8.36. The number of nitrogens with zero attached hydrogens (tertiary/aromatic N) is 1. The molecule has 0 aliphatic heterocycles. The molecule has 1 aromatic carbocycles. The van der Waals surface area contributed by atoms with Gasteiger partial charge < -0.3 is 10.2 Å². The van der Waals surface area contributed by atoms with Gasteiger partial charge in [0.2, 0.25) is 10.0 Å². The lowest BCUT2D eigenvalue weighted by Gasteiger charge is -2.15. The highest BCUT2D eigenvalue weighted by atomic mass is 32.2. The molecule has 0 bridgehead atoms.